The summed E-state index contributed by atoms with van der Waals surface area (Å²) in [4.78, 5) is 5.55. The molecule has 1 aliphatic heterocycles. The van der Waals surface area contributed by atoms with Gasteiger partial charge in [-0.15, -0.1) is 0 Å². The minimum Gasteiger partial charge on any atom is -0.381 e. The third-order valence-corrected chi connectivity index (χ3v) is 2.75. The van der Waals surface area contributed by atoms with E-state index in [1.54, 1.807) is 4.90 Å². The van der Waals surface area contributed by atoms with Crippen molar-refractivity contribution in [3.63, 3.8) is 0 Å². The first-order chi connectivity index (χ1) is 7.64. The van der Waals surface area contributed by atoms with Gasteiger partial charge in [-0.2, -0.15) is 0 Å². The molecule has 0 saturated carbocycles. The van der Waals surface area contributed by atoms with Crippen LogP contribution < -0.4 is 4.90 Å². The van der Waals surface area contributed by atoms with Crippen LogP contribution in [0.5, 0.6) is 0 Å². The van der Waals surface area contributed by atoms with E-state index >= 15 is 0 Å². The molecule has 0 N–H and O–H groups in total. The first kappa shape index (κ1) is 11.3. The maximum absolute atomic E-state index is 14.1. The smallest absolute Gasteiger partial charge is 0.165 e. The Hall–Kier alpha value is -1.23. The Balaban J connectivity index is 2.12. The normalized spacial score (nSPS) is 25.1. The summed E-state index contributed by atoms with van der Waals surface area (Å²) in [6, 6.07) is 2.85. The van der Waals surface area contributed by atoms with Crippen molar-refractivity contribution in [2.75, 3.05) is 31.7 Å². The molecular formula is C11H14F2N2O. The first-order valence-electron chi connectivity index (χ1n) is 5.18. The second kappa shape index (κ2) is 4.33. The van der Waals surface area contributed by atoms with Crippen molar-refractivity contribution in [3.05, 3.63) is 24.1 Å². The number of pyridine rings is 1. The first-order valence-corrected chi connectivity index (χ1v) is 5.18. The van der Waals surface area contributed by atoms with Crippen molar-refractivity contribution in [3.8, 4) is 0 Å². The minimum absolute atomic E-state index is 0.0396. The molecule has 0 amide bonds. The van der Waals surface area contributed by atoms with Crippen molar-refractivity contribution in [1.29, 1.82) is 0 Å². The van der Waals surface area contributed by atoms with Gasteiger partial charge in [-0.05, 0) is 12.1 Å². The van der Waals surface area contributed by atoms with E-state index in [4.69, 9.17) is 4.74 Å². The minimum atomic E-state index is -1.39. The number of aromatic nitrogens is 1. The van der Waals surface area contributed by atoms with Crippen LogP contribution in [0.15, 0.2) is 18.3 Å². The molecule has 16 heavy (non-hydrogen) atoms. The number of hydrogen-bond donors (Lipinski definition) is 0. The molecule has 0 radical (unpaired) electrons. The average Bonchev–Trinajstić information content (AvgIpc) is 2.62. The maximum Gasteiger partial charge on any atom is 0.165 e. The molecule has 1 aliphatic rings. The van der Waals surface area contributed by atoms with E-state index in [0.717, 1.165) is 0 Å². The van der Waals surface area contributed by atoms with Crippen molar-refractivity contribution < 1.29 is 13.5 Å². The number of hydrogen-bond acceptors (Lipinski definition) is 3. The zero-order valence-electron chi connectivity index (χ0n) is 9.12. The van der Waals surface area contributed by atoms with Crippen LogP contribution >= 0.6 is 0 Å². The largest absolute Gasteiger partial charge is 0.381 e. The fraction of sp³-hybridized carbons (Fsp3) is 0.545. The molecule has 0 aliphatic carbocycles. The summed E-state index contributed by atoms with van der Waals surface area (Å²) in [7, 11) is 1.46. The lowest BCUT2D eigenvalue weighted by Crippen LogP contribution is -2.33. The van der Waals surface area contributed by atoms with Crippen LogP contribution in [0.4, 0.5) is 14.6 Å². The van der Waals surface area contributed by atoms with Gasteiger partial charge in [-0.3, -0.25) is 0 Å². The van der Waals surface area contributed by atoms with Gasteiger partial charge in [-0.25, -0.2) is 13.8 Å². The highest BCUT2D eigenvalue weighted by atomic mass is 19.1. The van der Waals surface area contributed by atoms with Crippen LogP contribution in [0.2, 0.25) is 0 Å². The van der Waals surface area contributed by atoms with E-state index < -0.39 is 11.5 Å². The van der Waals surface area contributed by atoms with E-state index in [9.17, 15) is 8.78 Å². The summed E-state index contributed by atoms with van der Waals surface area (Å²) in [6.07, 6.45) is 1.85. The van der Waals surface area contributed by atoms with Crippen molar-refractivity contribution in [2.45, 2.75) is 12.1 Å². The predicted molar refractivity (Wildman–Crippen MR) is 56.7 cm³/mol. The van der Waals surface area contributed by atoms with Crippen LogP contribution in [0.1, 0.15) is 6.42 Å². The van der Waals surface area contributed by atoms with Crippen molar-refractivity contribution in [1.82, 2.24) is 4.98 Å². The molecule has 2 heterocycles. The molecule has 88 valence electrons. The number of alkyl halides is 1. The van der Waals surface area contributed by atoms with Crippen LogP contribution in [-0.4, -0.2) is 37.5 Å². The highest BCUT2D eigenvalue weighted by molar-refractivity contribution is 5.41. The van der Waals surface area contributed by atoms with E-state index in [1.165, 1.54) is 25.4 Å². The monoisotopic (exact) mass is 228 g/mol. The van der Waals surface area contributed by atoms with E-state index in [0.29, 0.717) is 13.0 Å². The third kappa shape index (κ3) is 2.14. The molecule has 1 fully saturated rings. The second-order valence-electron chi connectivity index (χ2n) is 4.06. The van der Waals surface area contributed by atoms with Gasteiger partial charge in [0.2, 0.25) is 0 Å². The Bertz CT molecular complexity index is 375. The Morgan fingerprint density at radius 2 is 2.44 bits per heavy atom. The molecule has 0 bridgehead atoms. The number of nitrogens with zero attached hydrogens (tertiary/aromatic N) is 2. The van der Waals surface area contributed by atoms with E-state index in [1.807, 2.05) is 0 Å². The van der Waals surface area contributed by atoms with E-state index in [-0.39, 0.29) is 19.0 Å². The zero-order valence-corrected chi connectivity index (χ0v) is 9.12. The molecule has 0 aromatic carbocycles. The van der Waals surface area contributed by atoms with Gasteiger partial charge in [0.15, 0.2) is 17.3 Å². The predicted octanol–water partition coefficient (Wildman–Crippen LogP) is 1.79. The van der Waals surface area contributed by atoms with Gasteiger partial charge >= 0.3 is 0 Å². The number of halogens is 2. The van der Waals surface area contributed by atoms with Crippen molar-refractivity contribution in [2.24, 2.45) is 0 Å². The number of rotatable bonds is 3. The summed E-state index contributed by atoms with van der Waals surface area (Å²) in [6.45, 7) is 0.639. The lowest BCUT2D eigenvalue weighted by Gasteiger charge is -2.20. The molecule has 5 heteroatoms. The van der Waals surface area contributed by atoms with Gasteiger partial charge < -0.3 is 9.64 Å². The van der Waals surface area contributed by atoms with Crippen LogP contribution in [0.25, 0.3) is 0 Å². The number of anilines is 1. The Labute approximate surface area is 93.0 Å². The third-order valence-electron chi connectivity index (χ3n) is 2.75. The summed E-state index contributed by atoms with van der Waals surface area (Å²) in [5.41, 5.74) is -1.39. The average molecular weight is 228 g/mol. The molecule has 2 rings (SSSR count). The Morgan fingerprint density at radius 1 is 1.62 bits per heavy atom. The zero-order chi connectivity index (χ0) is 11.6. The van der Waals surface area contributed by atoms with Gasteiger partial charge in [0, 0.05) is 26.3 Å². The Kier molecular flexibility index (Phi) is 3.05. The SMILES string of the molecule is COCC1(F)CCN(c2ncccc2F)C1. The molecule has 1 aromatic rings. The van der Waals surface area contributed by atoms with Gasteiger partial charge in [0.1, 0.15) is 0 Å². The molecule has 1 unspecified atom stereocenters. The van der Waals surface area contributed by atoms with Crippen LogP contribution in [0.3, 0.4) is 0 Å². The van der Waals surface area contributed by atoms with Gasteiger partial charge in [0.05, 0.1) is 13.2 Å². The summed E-state index contributed by atoms with van der Waals surface area (Å²) >= 11 is 0. The van der Waals surface area contributed by atoms with Crippen LogP contribution in [0, 0.1) is 5.82 Å². The lowest BCUT2D eigenvalue weighted by molar-refractivity contribution is 0.0570. The summed E-state index contributed by atoms with van der Waals surface area (Å²) < 4.78 is 32.3. The standard InChI is InChI=1S/C11H14F2N2O/c1-16-8-11(13)4-6-15(7-11)10-9(12)3-2-5-14-10/h2-3,5H,4,6-8H2,1H3. The second-order valence-corrected chi connectivity index (χ2v) is 4.06. The van der Waals surface area contributed by atoms with E-state index in [2.05, 4.69) is 4.98 Å². The molecular weight excluding hydrogens is 214 g/mol. The quantitative estimate of drug-likeness (QED) is 0.788. The molecule has 1 atom stereocenters. The topological polar surface area (TPSA) is 25.4 Å². The fourth-order valence-electron chi connectivity index (χ4n) is 2.00. The highest BCUT2D eigenvalue weighted by Crippen LogP contribution is 2.29. The molecule has 3 nitrogen and oxygen atoms in total. The molecule has 1 aromatic heterocycles. The summed E-state index contributed by atoms with van der Waals surface area (Å²) in [5.74, 6) is -0.192. The highest BCUT2D eigenvalue weighted by Gasteiger charge is 2.39. The molecule has 0 spiro atoms. The number of ether oxygens (including phenoxy) is 1. The fourth-order valence-corrected chi connectivity index (χ4v) is 2.00. The maximum atomic E-state index is 14.1. The summed E-state index contributed by atoms with van der Waals surface area (Å²) in [5, 5.41) is 0. The van der Waals surface area contributed by atoms with Crippen molar-refractivity contribution >= 4 is 5.82 Å². The van der Waals surface area contributed by atoms with Gasteiger partial charge in [0.25, 0.3) is 0 Å². The lowest BCUT2D eigenvalue weighted by atomic mass is 10.1. The number of methoxy groups -OCH3 is 1. The molecule has 1 saturated heterocycles. The van der Waals surface area contributed by atoms with Gasteiger partial charge in [-0.1, -0.05) is 0 Å². The Morgan fingerprint density at radius 3 is 3.12 bits per heavy atom. The van der Waals surface area contributed by atoms with Crippen LogP contribution in [-0.2, 0) is 4.74 Å².